The molecule has 0 fully saturated rings. The first-order valence-corrected chi connectivity index (χ1v) is 14.2. The van der Waals surface area contributed by atoms with E-state index < -0.39 is 11.8 Å². The number of anilines is 1. The summed E-state index contributed by atoms with van der Waals surface area (Å²) in [6, 6.07) is 29.6. The summed E-state index contributed by atoms with van der Waals surface area (Å²) in [5.41, 5.74) is 2.33. The number of hydrogen-bond donors (Lipinski definition) is 2. The number of ether oxygens (including phenoxy) is 1. The van der Waals surface area contributed by atoms with E-state index in [1.54, 1.807) is 91.0 Å². The maximum Gasteiger partial charge on any atom is 0.272 e. The van der Waals surface area contributed by atoms with Crippen molar-refractivity contribution in [2.45, 2.75) is 11.8 Å². The van der Waals surface area contributed by atoms with Gasteiger partial charge in [0.25, 0.3) is 23.6 Å². The van der Waals surface area contributed by atoms with Gasteiger partial charge in [0.1, 0.15) is 11.4 Å². The summed E-state index contributed by atoms with van der Waals surface area (Å²) >= 11 is 1.30. The van der Waals surface area contributed by atoms with Crippen molar-refractivity contribution in [2.75, 3.05) is 17.8 Å². The Hall–Kier alpha value is -5.15. The fraction of sp³-hybridized carbons (Fsp3) is 0.0909. The third-order valence-electron chi connectivity index (χ3n) is 6.38. The van der Waals surface area contributed by atoms with Crippen molar-refractivity contribution in [2.24, 2.45) is 0 Å². The van der Waals surface area contributed by atoms with Crippen LogP contribution in [0.1, 0.15) is 43.6 Å². The largest absolute Gasteiger partial charge is 0.493 e. The van der Waals surface area contributed by atoms with Gasteiger partial charge in [0.15, 0.2) is 0 Å². The van der Waals surface area contributed by atoms with Gasteiger partial charge < -0.3 is 15.4 Å². The molecule has 9 heteroatoms. The average Bonchev–Trinajstić information content (AvgIpc) is 3.26. The second-order valence-electron chi connectivity index (χ2n) is 9.19. The lowest BCUT2D eigenvalue weighted by Crippen LogP contribution is -2.30. The molecule has 0 spiro atoms. The fourth-order valence-electron chi connectivity index (χ4n) is 4.34. The van der Waals surface area contributed by atoms with E-state index in [-0.39, 0.29) is 23.4 Å². The van der Waals surface area contributed by atoms with Gasteiger partial charge in [-0.25, -0.2) is 0 Å². The first-order valence-electron chi connectivity index (χ1n) is 13.2. The summed E-state index contributed by atoms with van der Waals surface area (Å²) in [4.78, 5) is 53.8. The van der Waals surface area contributed by atoms with Gasteiger partial charge in [-0.05, 0) is 61.5 Å². The number of benzene rings is 4. The lowest BCUT2D eigenvalue weighted by Gasteiger charge is -2.15. The third kappa shape index (κ3) is 6.42. The second-order valence-corrected chi connectivity index (χ2v) is 10.2. The summed E-state index contributed by atoms with van der Waals surface area (Å²) in [5, 5.41) is 5.58. The number of amides is 4. The number of thioether (sulfide) groups is 1. The van der Waals surface area contributed by atoms with Crippen LogP contribution in [0, 0.1) is 0 Å². The molecule has 0 atom stereocenters. The van der Waals surface area contributed by atoms with Gasteiger partial charge in [0.05, 0.1) is 23.6 Å². The molecule has 0 aliphatic carbocycles. The molecule has 1 heterocycles. The van der Waals surface area contributed by atoms with Gasteiger partial charge >= 0.3 is 0 Å². The van der Waals surface area contributed by atoms with E-state index in [1.165, 1.54) is 16.7 Å². The standard InChI is InChI=1S/C33H27N3O5S/c1-2-41-29-18-9-6-13-23(29)19-28(35-30(37)22-11-4-3-5-12-22)31(38)34-24-14-10-15-25(20-24)42-21-36-32(39)26-16-7-8-17-27(26)33(36)40/h3-20H,2,21H2,1H3,(H,34,38)(H,35,37)/b28-19+. The Morgan fingerprint density at radius 1 is 0.833 bits per heavy atom. The SMILES string of the molecule is CCOc1ccccc1/C=C(/NC(=O)c1ccccc1)C(=O)Nc1cccc(SCN2C(=O)c3ccccc3C2=O)c1. The van der Waals surface area contributed by atoms with E-state index in [0.29, 0.717) is 40.3 Å². The maximum atomic E-state index is 13.5. The van der Waals surface area contributed by atoms with Gasteiger partial charge in [-0.1, -0.05) is 54.6 Å². The Balaban J connectivity index is 1.33. The number of nitrogens with one attached hydrogen (secondary N) is 2. The summed E-state index contributed by atoms with van der Waals surface area (Å²) < 4.78 is 5.70. The van der Waals surface area contributed by atoms with Gasteiger partial charge in [0, 0.05) is 21.7 Å². The molecule has 4 aromatic carbocycles. The highest BCUT2D eigenvalue weighted by atomic mass is 32.2. The van der Waals surface area contributed by atoms with Crippen LogP contribution < -0.4 is 15.4 Å². The van der Waals surface area contributed by atoms with Crippen molar-refractivity contribution < 1.29 is 23.9 Å². The van der Waals surface area contributed by atoms with Crippen LogP contribution >= 0.6 is 11.8 Å². The predicted octanol–water partition coefficient (Wildman–Crippen LogP) is 5.84. The van der Waals surface area contributed by atoms with E-state index >= 15 is 0 Å². The number of hydrogen-bond acceptors (Lipinski definition) is 6. The highest BCUT2D eigenvalue weighted by Crippen LogP contribution is 2.28. The third-order valence-corrected chi connectivity index (χ3v) is 7.35. The first kappa shape index (κ1) is 28.4. The highest BCUT2D eigenvalue weighted by molar-refractivity contribution is 7.99. The molecule has 210 valence electrons. The van der Waals surface area contributed by atoms with Crippen LogP contribution in [0.3, 0.4) is 0 Å². The minimum Gasteiger partial charge on any atom is -0.493 e. The molecule has 4 aromatic rings. The molecule has 4 amide bonds. The lowest BCUT2D eigenvalue weighted by molar-refractivity contribution is -0.113. The fourth-order valence-corrected chi connectivity index (χ4v) is 5.24. The maximum absolute atomic E-state index is 13.5. The monoisotopic (exact) mass is 577 g/mol. The Kier molecular flexibility index (Phi) is 8.79. The smallest absolute Gasteiger partial charge is 0.272 e. The van der Waals surface area contributed by atoms with E-state index in [0.717, 1.165) is 4.90 Å². The second kappa shape index (κ2) is 13.0. The van der Waals surface area contributed by atoms with Crippen molar-refractivity contribution in [3.63, 3.8) is 0 Å². The molecule has 0 bridgehead atoms. The number of imide groups is 1. The molecule has 1 aliphatic rings. The van der Waals surface area contributed by atoms with Gasteiger partial charge in [-0.3, -0.25) is 24.1 Å². The Morgan fingerprint density at radius 3 is 2.21 bits per heavy atom. The molecule has 0 aromatic heterocycles. The number of nitrogens with zero attached hydrogens (tertiary/aromatic N) is 1. The Morgan fingerprint density at radius 2 is 1.50 bits per heavy atom. The summed E-state index contributed by atoms with van der Waals surface area (Å²) in [7, 11) is 0. The van der Waals surface area contributed by atoms with Crippen molar-refractivity contribution >= 4 is 47.2 Å². The van der Waals surface area contributed by atoms with Crippen LogP contribution in [0.2, 0.25) is 0 Å². The van der Waals surface area contributed by atoms with Gasteiger partial charge in [-0.15, -0.1) is 11.8 Å². The molecular weight excluding hydrogens is 550 g/mol. The van der Waals surface area contributed by atoms with Gasteiger partial charge in [0.2, 0.25) is 0 Å². The molecular formula is C33H27N3O5S. The zero-order valence-corrected chi connectivity index (χ0v) is 23.5. The summed E-state index contributed by atoms with van der Waals surface area (Å²) in [6.45, 7) is 2.30. The van der Waals surface area contributed by atoms with E-state index in [1.807, 2.05) is 25.1 Å². The van der Waals surface area contributed by atoms with E-state index in [4.69, 9.17) is 4.74 Å². The molecule has 0 saturated carbocycles. The van der Waals surface area contributed by atoms with E-state index in [9.17, 15) is 19.2 Å². The zero-order chi connectivity index (χ0) is 29.5. The first-order chi connectivity index (χ1) is 20.4. The van der Waals surface area contributed by atoms with Crippen molar-refractivity contribution in [1.29, 1.82) is 0 Å². The number of carbonyl (C=O) groups excluding carboxylic acids is 4. The van der Waals surface area contributed by atoms with Crippen LogP contribution in [-0.4, -0.2) is 41.0 Å². The number of para-hydroxylation sites is 1. The summed E-state index contributed by atoms with van der Waals surface area (Å²) in [5.74, 6) is -0.932. The molecule has 0 radical (unpaired) electrons. The van der Waals surface area contributed by atoms with E-state index in [2.05, 4.69) is 10.6 Å². The normalized spacial score (nSPS) is 12.6. The molecule has 0 saturated heterocycles. The zero-order valence-electron chi connectivity index (χ0n) is 22.7. The minimum absolute atomic E-state index is 0.0279. The minimum atomic E-state index is -0.534. The summed E-state index contributed by atoms with van der Waals surface area (Å²) in [6.07, 6.45) is 1.57. The predicted molar refractivity (Wildman–Crippen MR) is 162 cm³/mol. The molecule has 5 rings (SSSR count). The van der Waals surface area contributed by atoms with Crippen LogP contribution in [-0.2, 0) is 4.79 Å². The topological polar surface area (TPSA) is 105 Å². The lowest BCUT2D eigenvalue weighted by atomic mass is 10.1. The number of fused-ring (bicyclic) bond motifs is 1. The van der Waals surface area contributed by atoms with Crippen LogP contribution in [0.4, 0.5) is 5.69 Å². The van der Waals surface area contributed by atoms with Crippen molar-refractivity contribution in [1.82, 2.24) is 10.2 Å². The van der Waals surface area contributed by atoms with Crippen LogP contribution in [0.25, 0.3) is 6.08 Å². The quantitative estimate of drug-likeness (QED) is 0.139. The molecule has 1 aliphatic heterocycles. The van der Waals surface area contributed by atoms with Crippen LogP contribution in [0.15, 0.2) is 114 Å². The number of carbonyl (C=O) groups is 4. The Labute approximate surface area is 247 Å². The van der Waals surface area contributed by atoms with Gasteiger partial charge in [-0.2, -0.15) is 0 Å². The molecule has 0 unspecified atom stereocenters. The number of rotatable bonds is 10. The average molecular weight is 578 g/mol. The van der Waals surface area contributed by atoms with Crippen LogP contribution in [0.5, 0.6) is 5.75 Å². The van der Waals surface area contributed by atoms with Crippen molar-refractivity contribution in [3.8, 4) is 5.75 Å². The molecule has 8 nitrogen and oxygen atoms in total. The highest BCUT2D eigenvalue weighted by Gasteiger charge is 2.34. The van der Waals surface area contributed by atoms with Crippen molar-refractivity contribution in [3.05, 3.63) is 131 Å². The molecule has 2 N–H and O–H groups in total. The molecule has 42 heavy (non-hydrogen) atoms. The Bertz CT molecular complexity index is 1650.